The fourth-order valence-corrected chi connectivity index (χ4v) is 2.26. The summed E-state index contributed by atoms with van der Waals surface area (Å²) in [4.78, 5) is 23.7. The van der Waals surface area contributed by atoms with Crippen LogP contribution in [0.15, 0.2) is 54.6 Å². The molecule has 128 valence electrons. The van der Waals surface area contributed by atoms with Gasteiger partial charge in [-0.05, 0) is 54.3 Å². The summed E-state index contributed by atoms with van der Waals surface area (Å²) in [6.07, 6.45) is 5.23. The first-order valence-electron chi connectivity index (χ1n) is 8.21. The van der Waals surface area contributed by atoms with E-state index in [0.29, 0.717) is 18.2 Å². The lowest BCUT2D eigenvalue weighted by Gasteiger charge is -2.04. The van der Waals surface area contributed by atoms with Crippen molar-refractivity contribution >= 4 is 17.9 Å². The summed E-state index contributed by atoms with van der Waals surface area (Å²) in [5.74, 6) is -0.598. The maximum Gasteiger partial charge on any atom is 0.251 e. The Bertz CT molecular complexity index is 778. The van der Waals surface area contributed by atoms with Crippen LogP contribution in [0.1, 0.15) is 34.3 Å². The highest BCUT2D eigenvalue weighted by atomic mass is 19.1. The highest BCUT2D eigenvalue weighted by Crippen LogP contribution is 2.19. The quantitative estimate of drug-likeness (QED) is 0.796. The molecule has 3 rings (SSSR count). The number of rotatable bonds is 6. The van der Waals surface area contributed by atoms with E-state index in [0.717, 1.165) is 24.0 Å². The first-order chi connectivity index (χ1) is 12.1. The van der Waals surface area contributed by atoms with Crippen molar-refractivity contribution < 1.29 is 14.0 Å². The molecular formula is C20H19FN2O2. The summed E-state index contributed by atoms with van der Waals surface area (Å²) in [5, 5.41) is 5.67. The predicted octanol–water partition coefficient (Wildman–Crippen LogP) is 3.05. The maximum absolute atomic E-state index is 12.8. The average Bonchev–Trinajstić information content (AvgIpc) is 3.44. The Labute approximate surface area is 145 Å². The van der Waals surface area contributed by atoms with Crippen molar-refractivity contribution in [2.75, 3.05) is 0 Å². The Morgan fingerprint density at radius 2 is 1.72 bits per heavy atom. The van der Waals surface area contributed by atoms with Crippen LogP contribution in [0.3, 0.4) is 0 Å². The topological polar surface area (TPSA) is 58.2 Å². The maximum atomic E-state index is 12.8. The van der Waals surface area contributed by atoms with E-state index in [2.05, 4.69) is 10.6 Å². The SMILES string of the molecule is O=C(/C=C/c1ccc(C(=O)NC2CC2)cc1)NCc1ccc(F)cc1. The molecule has 1 aliphatic carbocycles. The molecule has 5 heteroatoms. The standard InChI is InChI=1S/C20H19FN2O2/c21-17-8-3-15(4-9-17)13-22-19(24)12-5-14-1-6-16(7-2-14)20(25)23-18-10-11-18/h1-9,12,18H,10-11,13H2,(H,22,24)(H,23,25)/b12-5+. The first kappa shape index (κ1) is 16.9. The van der Waals surface area contributed by atoms with Crippen LogP contribution in [0.5, 0.6) is 0 Å². The van der Waals surface area contributed by atoms with E-state index in [1.807, 2.05) is 0 Å². The minimum Gasteiger partial charge on any atom is -0.349 e. The third kappa shape index (κ3) is 5.28. The molecule has 2 aromatic carbocycles. The molecule has 0 aromatic heterocycles. The Balaban J connectivity index is 1.49. The molecule has 25 heavy (non-hydrogen) atoms. The molecule has 0 unspecified atom stereocenters. The highest BCUT2D eigenvalue weighted by Gasteiger charge is 2.23. The minimum atomic E-state index is -0.302. The second-order valence-corrected chi connectivity index (χ2v) is 6.05. The molecule has 1 aliphatic rings. The largest absolute Gasteiger partial charge is 0.349 e. The Hall–Kier alpha value is -2.95. The summed E-state index contributed by atoms with van der Waals surface area (Å²) in [6, 6.07) is 13.4. The fourth-order valence-electron chi connectivity index (χ4n) is 2.26. The van der Waals surface area contributed by atoms with Crippen molar-refractivity contribution in [3.05, 3.63) is 77.1 Å². The lowest BCUT2D eigenvalue weighted by Crippen LogP contribution is -2.25. The van der Waals surface area contributed by atoms with Gasteiger partial charge in [-0.3, -0.25) is 9.59 Å². The fraction of sp³-hybridized carbons (Fsp3) is 0.200. The molecule has 1 fully saturated rings. The van der Waals surface area contributed by atoms with Gasteiger partial charge < -0.3 is 10.6 Å². The number of hydrogen-bond donors (Lipinski definition) is 2. The molecule has 0 saturated heterocycles. The lowest BCUT2D eigenvalue weighted by molar-refractivity contribution is -0.116. The summed E-state index contributed by atoms with van der Waals surface area (Å²) in [7, 11) is 0. The van der Waals surface area contributed by atoms with Gasteiger partial charge in [0.25, 0.3) is 5.91 Å². The van der Waals surface area contributed by atoms with Gasteiger partial charge in [-0.1, -0.05) is 24.3 Å². The molecule has 0 spiro atoms. The van der Waals surface area contributed by atoms with Gasteiger partial charge in [0, 0.05) is 24.2 Å². The second kappa shape index (κ2) is 7.75. The van der Waals surface area contributed by atoms with Gasteiger partial charge in [-0.2, -0.15) is 0 Å². The van der Waals surface area contributed by atoms with Crippen molar-refractivity contribution in [2.24, 2.45) is 0 Å². The molecule has 0 aliphatic heterocycles. The van der Waals surface area contributed by atoms with Crippen LogP contribution in [0.2, 0.25) is 0 Å². The van der Waals surface area contributed by atoms with Crippen LogP contribution in [0, 0.1) is 5.82 Å². The molecule has 0 heterocycles. The highest BCUT2D eigenvalue weighted by molar-refractivity contribution is 5.95. The number of amides is 2. The third-order valence-electron chi connectivity index (χ3n) is 3.89. The Morgan fingerprint density at radius 3 is 2.36 bits per heavy atom. The predicted molar refractivity (Wildman–Crippen MR) is 94.2 cm³/mol. The van der Waals surface area contributed by atoms with Crippen molar-refractivity contribution in [3.63, 3.8) is 0 Å². The molecule has 0 bridgehead atoms. The zero-order valence-corrected chi connectivity index (χ0v) is 13.7. The van der Waals surface area contributed by atoms with Crippen LogP contribution < -0.4 is 10.6 Å². The van der Waals surface area contributed by atoms with Gasteiger partial charge in [0.15, 0.2) is 0 Å². The van der Waals surface area contributed by atoms with Crippen LogP contribution in [0.4, 0.5) is 4.39 Å². The van der Waals surface area contributed by atoms with Crippen LogP contribution in [-0.4, -0.2) is 17.9 Å². The Morgan fingerprint density at radius 1 is 1.04 bits per heavy atom. The van der Waals surface area contributed by atoms with E-state index in [1.54, 1.807) is 42.5 Å². The van der Waals surface area contributed by atoms with E-state index >= 15 is 0 Å². The Kier molecular flexibility index (Phi) is 5.23. The van der Waals surface area contributed by atoms with E-state index in [9.17, 15) is 14.0 Å². The van der Waals surface area contributed by atoms with E-state index in [1.165, 1.54) is 18.2 Å². The first-order valence-corrected chi connectivity index (χ1v) is 8.21. The van der Waals surface area contributed by atoms with Crippen molar-refractivity contribution in [3.8, 4) is 0 Å². The molecule has 2 N–H and O–H groups in total. The smallest absolute Gasteiger partial charge is 0.251 e. The lowest BCUT2D eigenvalue weighted by atomic mass is 10.1. The third-order valence-corrected chi connectivity index (χ3v) is 3.89. The molecule has 0 atom stereocenters. The molecule has 0 radical (unpaired) electrons. The number of benzene rings is 2. The van der Waals surface area contributed by atoms with Gasteiger partial charge in [-0.25, -0.2) is 4.39 Å². The minimum absolute atomic E-state index is 0.0601. The normalized spacial score (nSPS) is 13.6. The number of carbonyl (C=O) groups is 2. The summed E-state index contributed by atoms with van der Waals surface area (Å²) < 4.78 is 12.8. The van der Waals surface area contributed by atoms with Crippen molar-refractivity contribution in [2.45, 2.75) is 25.4 Å². The van der Waals surface area contributed by atoms with Crippen molar-refractivity contribution in [1.82, 2.24) is 10.6 Å². The zero-order valence-electron chi connectivity index (χ0n) is 13.7. The zero-order chi connectivity index (χ0) is 17.6. The molecular weight excluding hydrogens is 319 g/mol. The number of hydrogen-bond acceptors (Lipinski definition) is 2. The van der Waals surface area contributed by atoms with Crippen LogP contribution >= 0.6 is 0 Å². The molecule has 4 nitrogen and oxygen atoms in total. The van der Waals surface area contributed by atoms with Crippen molar-refractivity contribution in [1.29, 1.82) is 0 Å². The van der Waals surface area contributed by atoms with Crippen LogP contribution in [0.25, 0.3) is 6.08 Å². The van der Waals surface area contributed by atoms with Gasteiger partial charge in [-0.15, -0.1) is 0 Å². The number of carbonyl (C=O) groups excluding carboxylic acids is 2. The summed E-state index contributed by atoms with van der Waals surface area (Å²) in [6.45, 7) is 0.337. The van der Waals surface area contributed by atoms with Crippen LogP contribution in [-0.2, 0) is 11.3 Å². The van der Waals surface area contributed by atoms with E-state index in [-0.39, 0.29) is 17.6 Å². The van der Waals surface area contributed by atoms with Gasteiger partial charge >= 0.3 is 0 Å². The van der Waals surface area contributed by atoms with E-state index < -0.39 is 0 Å². The summed E-state index contributed by atoms with van der Waals surface area (Å²) >= 11 is 0. The molecule has 2 amide bonds. The molecule has 2 aromatic rings. The second-order valence-electron chi connectivity index (χ2n) is 6.05. The van der Waals surface area contributed by atoms with Gasteiger partial charge in [0.1, 0.15) is 5.82 Å². The number of nitrogens with one attached hydrogen (secondary N) is 2. The van der Waals surface area contributed by atoms with Gasteiger partial charge in [0.05, 0.1) is 0 Å². The van der Waals surface area contributed by atoms with Gasteiger partial charge in [0.2, 0.25) is 5.91 Å². The molecule has 1 saturated carbocycles. The average molecular weight is 338 g/mol. The summed E-state index contributed by atoms with van der Waals surface area (Å²) in [5.41, 5.74) is 2.28. The number of halogens is 1. The monoisotopic (exact) mass is 338 g/mol. The van der Waals surface area contributed by atoms with E-state index in [4.69, 9.17) is 0 Å².